The van der Waals surface area contributed by atoms with E-state index < -0.39 is 11.4 Å². The number of benzene rings is 1. The summed E-state index contributed by atoms with van der Waals surface area (Å²) in [6, 6.07) is 9.46. The minimum atomic E-state index is -0.898. The Bertz CT molecular complexity index is 494. The van der Waals surface area contributed by atoms with Gasteiger partial charge in [0.05, 0.1) is 11.3 Å². The highest BCUT2D eigenvalue weighted by atomic mass is 16.5. The van der Waals surface area contributed by atoms with Gasteiger partial charge in [-0.15, -0.1) is 0 Å². The third-order valence-corrected chi connectivity index (χ3v) is 4.20. The van der Waals surface area contributed by atoms with Crippen LogP contribution in [0.5, 0.6) is 0 Å². The zero-order chi connectivity index (χ0) is 15.3. The van der Waals surface area contributed by atoms with Gasteiger partial charge in [0.15, 0.2) is 0 Å². The highest BCUT2D eigenvalue weighted by molar-refractivity contribution is 5.84. The molecule has 2 N–H and O–H groups in total. The van der Waals surface area contributed by atoms with Gasteiger partial charge in [0.1, 0.15) is 0 Å². The lowest BCUT2D eigenvalue weighted by Gasteiger charge is -2.33. The van der Waals surface area contributed by atoms with Gasteiger partial charge in [0, 0.05) is 19.8 Å². The number of hydrogen-bond donors (Lipinski definition) is 2. The molecule has 0 aliphatic carbocycles. The van der Waals surface area contributed by atoms with Crippen molar-refractivity contribution in [3.8, 4) is 0 Å². The summed E-state index contributed by atoms with van der Waals surface area (Å²) in [5.41, 5.74) is 0.0241. The third-order valence-electron chi connectivity index (χ3n) is 4.20. The second kappa shape index (κ2) is 6.72. The number of aliphatic carboxylic acids is 1. The standard InChI is InChI=1S/C16H21NO4/c1-12(13-5-3-2-4-6-13)14(18)17-11-16(15(19)20)7-9-21-10-8-16/h2-6,12H,7-11H2,1H3,(H,17,18)(H,19,20)/t12-/m0/s1. The summed E-state index contributed by atoms with van der Waals surface area (Å²) >= 11 is 0. The van der Waals surface area contributed by atoms with Gasteiger partial charge >= 0.3 is 5.97 Å². The van der Waals surface area contributed by atoms with E-state index in [1.807, 2.05) is 37.3 Å². The van der Waals surface area contributed by atoms with Crippen LogP contribution >= 0.6 is 0 Å². The van der Waals surface area contributed by atoms with Crippen molar-refractivity contribution >= 4 is 11.9 Å². The Morgan fingerprint density at radius 3 is 2.48 bits per heavy atom. The van der Waals surface area contributed by atoms with Crippen LogP contribution in [0.4, 0.5) is 0 Å². The maximum atomic E-state index is 12.2. The van der Waals surface area contributed by atoms with Crippen LogP contribution in [0, 0.1) is 5.41 Å². The molecule has 1 aliphatic rings. The van der Waals surface area contributed by atoms with E-state index in [-0.39, 0.29) is 18.4 Å². The maximum Gasteiger partial charge on any atom is 0.311 e. The molecule has 114 valence electrons. The first-order chi connectivity index (χ1) is 10.1. The topological polar surface area (TPSA) is 75.6 Å². The van der Waals surface area contributed by atoms with Crippen LogP contribution in [-0.2, 0) is 14.3 Å². The lowest BCUT2D eigenvalue weighted by molar-refractivity contribution is -0.154. The predicted molar refractivity (Wildman–Crippen MR) is 78.0 cm³/mol. The molecule has 1 aromatic carbocycles. The molecule has 5 heteroatoms. The average Bonchev–Trinajstić information content (AvgIpc) is 2.53. The Kier molecular flexibility index (Phi) is 4.96. The summed E-state index contributed by atoms with van der Waals surface area (Å²) in [6.07, 6.45) is 0.866. The minimum Gasteiger partial charge on any atom is -0.481 e. The largest absolute Gasteiger partial charge is 0.481 e. The smallest absolute Gasteiger partial charge is 0.311 e. The van der Waals surface area contributed by atoms with E-state index in [2.05, 4.69) is 5.32 Å². The monoisotopic (exact) mass is 291 g/mol. The van der Waals surface area contributed by atoms with Gasteiger partial charge in [-0.05, 0) is 25.3 Å². The Hall–Kier alpha value is -1.88. The summed E-state index contributed by atoms with van der Waals surface area (Å²) in [6.45, 7) is 2.83. The molecule has 1 fully saturated rings. The van der Waals surface area contributed by atoms with Crippen molar-refractivity contribution in [2.45, 2.75) is 25.7 Å². The number of hydrogen-bond acceptors (Lipinski definition) is 3. The molecule has 1 amide bonds. The van der Waals surface area contributed by atoms with E-state index >= 15 is 0 Å². The highest BCUT2D eigenvalue weighted by Gasteiger charge is 2.40. The van der Waals surface area contributed by atoms with Gasteiger partial charge in [-0.2, -0.15) is 0 Å². The van der Waals surface area contributed by atoms with Crippen molar-refractivity contribution in [2.24, 2.45) is 5.41 Å². The molecule has 0 unspecified atom stereocenters. The van der Waals surface area contributed by atoms with Crippen molar-refractivity contribution in [1.82, 2.24) is 5.32 Å². The van der Waals surface area contributed by atoms with E-state index in [0.29, 0.717) is 26.1 Å². The van der Waals surface area contributed by atoms with Crippen molar-refractivity contribution in [1.29, 1.82) is 0 Å². The van der Waals surface area contributed by atoms with Crippen molar-refractivity contribution < 1.29 is 19.4 Å². The first-order valence-electron chi connectivity index (χ1n) is 7.19. The molecule has 2 rings (SSSR count). The van der Waals surface area contributed by atoms with Gasteiger partial charge in [-0.1, -0.05) is 30.3 Å². The van der Waals surface area contributed by atoms with Crippen molar-refractivity contribution in [3.63, 3.8) is 0 Å². The molecule has 5 nitrogen and oxygen atoms in total. The number of amides is 1. The summed E-state index contributed by atoms with van der Waals surface area (Å²) in [5.74, 6) is -1.30. The lowest BCUT2D eigenvalue weighted by atomic mass is 9.80. The molecule has 1 aliphatic heterocycles. The number of nitrogens with one attached hydrogen (secondary N) is 1. The Morgan fingerprint density at radius 1 is 1.29 bits per heavy atom. The number of rotatable bonds is 5. The Balaban J connectivity index is 1.97. The Morgan fingerprint density at radius 2 is 1.90 bits per heavy atom. The summed E-state index contributed by atoms with van der Waals surface area (Å²) in [5, 5.41) is 12.2. The molecule has 0 saturated carbocycles. The van der Waals surface area contributed by atoms with Crippen LogP contribution in [-0.4, -0.2) is 36.7 Å². The van der Waals surface area contributed by atoms with Gasteiger partial charge < -0.3 is 15.2 Å². The molecule has 1 saturated heterocycles. The minimum absolute atomic E-state index is 0.145. The fourth-order valence-corrected chi connectivity index (χ4v) is 2.53. The van der Waals surface area contributed by atoms with Crippen molar-refractivity contribution in [3.05, 3.63) is 35.9 Å². The normalized spacial score (nSPS) is 18.7. The number of carbonyl (C=O) groups excluding carboxylic acids is 1. The Labute approximate surface area is 124 Å². The van der Waals surface area contributed by atoms with Crippen LogP contribution in [0.3, 0.4) is 0 Å². The molecule has 0 aromatic heterocycles. The summed E-state index contributed by atoms with van der Waals surface area (Å²) in [7, 11) is 0. The van der Waals surface area contributed by atoms with Crippen LogP contribution in [0.15, 0.2) is 30.3 Å². The van der Waals surface area contributed by atoms with E-state index in [0.717, 1.165) is 5.56 Å². The molecular formula is C16H21NO4. The molecular weight excluding hydrogens is 270 g/mol. The van der Waals surface area contributed by atoms with Crippen LogP contribution in [0.2, 0.25) is 0 Å². The van der Waals surface area contributed by atoms with E-state index in [4.69, 9.17) is 4.74 Å². The SMILES string of the molecule is C[C@H](C(=O)NCC1(C(=O)O)CCOCC1)c1ccccc1. The van der Waals surface area contributed by atoms with Crippen LogP contribution in [0.25, 0.3) is 0 Å². The van der Waals surface area contributed by atoms with E-state index in [1.165, 1.54) is 0 Å². The van der Waals surface area contributed by atoms with Crippen molar-refractivity contribution in [2.75, 3.05) is 19.8 Å². The van der Waals surface area contributed by atoms with E-state index in [1.54, 1.807) is 0 Å². The second-order valence-electron chi connectivity index (χ2n) is 5.55. The molecule has 0 bridgehead atoms. The summed E-state index contributed by atoms with van der Waals surface area (Å²) < 4.78 is 5.22. The molecule has 21 heavy (non-hydrogen) atoms. The first-order valence-corrected chi connectivity index (χ1v) is 7.19. The van der Waals surface area contributed by atoms with Gasteiger partial charge in [0.25, 0.3) is 0 Å². The zero-order valence-electron chi connectivity index (χ0n) is 12.2. The van der Waals surface area contributed by atoms with E-state index in [9.17, 15) is 14.7 Å². The first kappa shape index (κ1) is 15.5. The number of carboxylic acid groups (broad SMARTS) is 1. The zero-order valence-corrected chi connectivity index (χ0v) is 12.2. The van der Waals surface area contributed by atoms with Gasteiger partial charge in [-0.3, -0.25) is 9.59 Å². The van der Waals surface area contributed by atoms with Crippen LogP contribution in [0.1, 0.15) is 31.2 Å². The van der Waals surface area contributed by atoms with Crippen LogP contribution < -0.4 is 5.32 Å². The van der Waals surface area contributed by atoms with Gasteiger partial charge in [0.2, 0.25) is 5.91 Å². The van der Waals surface area contributed by atoms with Gasteiger partial charge in [-0.25, -0.2) is 0 Å². The number of carbonyl (C=O) groups is 2. The fraction of sp³-hybridized carbons (Fsp3) is 0.500. The highest BCUT2D eigenvalue weighted by Crippen LogP contribution is 2.30. The second-order valence-corrected chi connectivity index (χ2v) is 5.55. The maximum absolute atomic E-state index is 12.2. The molecule has 1 aromatic rings. The molecule has 1 atom stereocenters. The number of ether oxygens (including phenoxy) is 1. The lowest BCUT2D eigenvalue weighted by Crippen LogP contribution is -2.47. The molecule has 1 heterocycles. The molecule has 0 radical (unpaired) electrons. The molecule has 0 spiro atoms. The fourth-order valence-electron chi connectivity index (χ4n) is 2.53. The summed E-state index contributed by atoms with van der Waals surface area (Å²) in [4.78, 5) is 23.7. The predicted octanol–water partition coefficient (Wildman–Crippen LogP) is 1.79. The average molecular weight is 291 g/mol. The third kappa shape index (κ3) is 3.61. The number of carboxylic acids is 1. The quantitative estimate of drug-likeness (QED) is 0.867.